The van der Waals surface area contributed by atoms with Crippen molar-refractivity contribution in [3.05, 3.63) is 29.6 Å². The average molecular weight is 201 g/mol. The molecule has 1 aromatic carbocycles. The van der Waals surface area contributed by atoms with E-state index in [4.69, 9.17) is 0 Å². The number of nitrogens with one attached hydrogen (secondary N) is 2. The van der Waals surface area contributed by atoms with Crippen LogP contribution in [0.15, 0.2) is 18.2 Å². The molecular formula is C12H15N3. The predicted octanol–water partition coefficient (Wildman–Crippen LogP) is 2.12. The first-order valence-electron chi connectivity index (χ1n) is 5.50. The Labute approximate surface area is 88.9 Å². The van der Waals surface area contributed by atoms with Crippen LogP contribution in [-0.4, -0.2) is 16.0 Å². The van der Waals surface area contributed by atoms with Gasteiger partial charge in [-0.1, -0.05) is 6.07 Å². The fourth-order valence-electron chi connectivity index (χ4n) is 1.79. The third kappa shape index (κ3) is 1.88. The molecule has 1 aliphatic carbocycles. The fraction of sp³-hybridized carbons (Fsp3) is 0.417. The van der Waals surface area contributed by atoms with Gasteiger partial charge < -0.3 is 10.3 Å². The van der Waals surface area contributed by atoms with Gasteiger partial charge in [0.05, 0.1) is 17.6 Å². The average Bonchev–Trinajstić information content (AvgIpc) is 2.95. The number of aromatic nitrogens is 2. The molecule has 1 fully saturated rings. The lowest BCUT2D eigenvalue weighted by atomic mass is 10.2. The van der Waals surface area contributed by atoms with Crippen molar-refractivity contribution in [2.45, 2.75) is 32.4 Å². The third-order valence-corrected chi connectivity index (χ3v) is 2.82. The summed E-state index contributed by atoms with van der Waals surface area (Å²) >= 11 is 0. The summed E-state index contributed by atoms with van der Waals surface area (Å²) in [6.45, 7) is 2.96. The first-order valence-corrected chi connectivity index (χ1v) is 5.50. The molecule has 15 heavy (non-hydrogen) atoms. The van der Waals surface area contributed by atoms with Crippen LogP contribution in [0.2, 0.25) is 0 Å². The van der Waals surface area contributed by atoms with Gasteiger partial charge >= 0.3 is 0 Å². The number of imidazole rings is 1. The number of fused-ring (bicyclic) bond motifs is 1. The molecule has 78 valence electrons. The molecule has 0 amide bonds. The zero-order valence-electron chi connectivity index (χ0n) is 8.88. The van der Waals surface area contributed by atoms with Crippen LogP contribution in [0.4, 0.5) is 0 Å². The Morgan fingerprint density at radius 3 is 3.13 bits per heavy atom. The molecule has 2 aromatic rings. The van der Waals surface area contributed by atoms with Crippen LogP contribution in [0, 0.1) is 6.92 Å². The van der Waals surface area contributed by atoms with Crippen molar-refractivity contribution in [3.8, 4) is 0 Å². The Balaban J connectivity index is 1.84. The molecule has 0 bridgehead atoms. The van der Waals surface area contributed by atoms with E-state index in [0.717, 1.165) is 29.4 Å². The van der Waals surface area contributed by atoms with Crippen molar-refractivity contribution in [1.82, 2.24) is 15.3 Å². The van der Waals surface area contributed by atoms with E-state index in [-0.39, 0.29) is 0 Å². The number of hydrogen-bond donors (Lipinski definition) is 2. The van der Waals surface area contributed by atoms with E-state index in [1.165, 1.54) is 18.4 Å². The van der Waals surface area contributed by atoms with E-state index in [1.807, 2.05) is 0 Å². The molecule has 3 nitrogen and oxygen atoms in total. The highest BCUT2D eigenvalue weighted by Crippen LogP contribution is 2.19. The molecule has 1 aliphatic rings. The van der Waals surface area contributed by atoms with Crippen molar-refractivity contribution < 1.29 is 0 Å². The molecule has 3 rings (SSSR count). The topological polar surface area (TPSA) is 40.7 Å². The van der Waals surface area contributed by atoms with Crippen molar-refractivity contribution >= 4 is 11.0 Å². The minimum Gasteiger partial charge on any atom is -0.341 e. The van der Waals surface area contributed by atoms with Crippen molar-refractivity contribution in [1.29, 1.82) is 0 Å². The van der Waals surface area contributed by atoms with Gasteiger partial charge in [-0.3, -0.25) is 0 Å². The molecular weight excluding hydrogens is 186 g/mol. The van der Waals surface area contributed by atoms with Gasteiger partial charge in [0.1, 0.15) is 5.82 Å². The molecule has 1 saturated carbocycles. The minimum atomic E-state index is 0.736. The minimum absolute atomic E-state index is 0.736. The maximum absolute atomic E-state index is 4.54. The number of aromatic amines is 1. The monoisotopic (exact) mass is 201 g/mol. The standard InChI is InChI=1S/C12H15N3/c1-8-2-5-10-11(6-8)15-12(14-10)7-13-9-3-4-9/h2,5-6,9,13H,3-4,7H2,1H3,(H,14,15). The summed E-state index contributed by atoms with van der Waals surface area (Å²) in [6, 6.07) is 7.05. The Morgan fingerprint density at radius 1 is 1.47 bits per heavy atom. The van der Waals surface area contributed by atoms with Crippen LogP contribution >= 0.6 is 0 Å². The third-order valence-electron chi connectivity index (χ3n) is 2.82. The first kappa shape index (κ1) is 8.92. The molecule has 0 aliphatic heterocycles. The van der Waals surface area contributed by atoms with Gasteiger partial charge in [0.15, 0.2) is 0 Å². The van der Waals surface area contributed by atoms with Crippen LogP contribution < -0.4 is 5.32 Å². The van der Waals surface area contributed by atoms with Gasteiger partial charge in [-0.25, -0.2) is 4.98 Å². The van der Waals surface area contributed by atoms with E-state index in [1.54, 1.807) is 0 Å². The second-order valence-electron chi connectivity index (χ2n) is 4.36. The Bertz CT molecular complexity index is 483. The number of nitrogens with zero attached hydrogens (tertiary/aromatic N) is 1. The van der Waals surface area contributed by atoms with Gasteiger partial charge in [0, 0.05) is 6.04 Å². The molecule has 0 atom stereocenters. The lowest BCUT2D eigenvalue weighted by Gasteiger charge is -1.96. The molecule has 3 heteroatoms. The number of hydrogen-bond acceptors (Lipinski definition) is 2. The molecule has 0 unspecified atom stereocenters. The van der Waals surface area contributed by atoms with Crippen molar-refractivity contribution in [2.24, 2.45) is 0 Å². The Hall–Kier alpha value is -1.35. The van der Waals surface area contributed by atoms with Gasteiger partial charge in [-0.15, -0.1) is 0 Å². The number of aryl methyl sites for hydroxylation is 1. The summed E-state index contributed by atoms with van der Waals surface area (Å²) in [5, 5.41) is 3.45. The van der Waals surface area contributed by atoms with Crippen LogP contribution in [0.1, 0.15) is 24.2 Å². The summed E-state index contributed by atoms with van der Waals surface area (Å²) < 4.78 is 0. The van der Waals surface area contributed by atoms with Gasteiger partial charge in [-0.2, -0.15) is 0 Å². The Morgan fingerprint density at radius 2 is 2.33 bits per heavy atom. The number of rotatable bonds is 3. The lowest BCUT2D eigenvalue weighted by Crippen LogP contribution is -2.16. The van der Waals surface area contributed by atoms with Crippen LogP contribution in [0.5, 0.6) is 0 Å². The zero-order valence-corrected chi connectivity index (χ0v) is 8.88. The summed E-state index contributed by atoms with van der Waals surface area (Å²) in [4.78, 5) is 7.88. The molecule has 0 spiro atoms. The lowest BCUT2D eigenvalue weighted by molar-refractivity contribution is 0.665. The van der Waals surface area contributed by atoms with Crippen LogP contribution in [-0.2, 0) is 6.54 Å². The second-order valence-corrected chi connectivity index (χ2v) is 4.36. The summed E-state index contributed by atoms with van der Waals surface area (Å²) in [6.07, 6.45) is 2.64. The van der Waals surface area contributed by atoms with Crippen LogP contribution in [0.25, 0.3) is 11.0 Å². The maximum atomic E-state index is 4.54. The Kier molecular flexibility index (Phi) is 1.99. The fourth-order valence-corrected chi connectivity index (χ4v) is 1.79. The number of benzene rings is 1. The van der Waals surface area contributed by atoms with Gasteiger partial charge in [0.2, 0.25) is 0 Å². The summed E-state index contributed by atoms with van der Waals surface area (Å²) in [5.41, 5.74) is 3.48. The van der Waals surface area contributed by atoms with E-state index in [2.05, 4.69) is 40.4 Å². The highest BCUT2D eigenvalue weighted by molar-refractivity contribution is 5.75. The number of H-pyrrole nitrogens is 1. The summed E-state index contributed by atoms with van der Waals surface area (Å²) in [7, 11) is 0. The predicted molar refractivity (Wildman–Crippen MR) is 60.7 cm³/mol. The van der Waals surface area contributed by atoms with E-state index in [9.17, 15) is 0 Å². The smallest absolute Gasteiger partial charge is 0.121 e. The highest BCUT2D eigenvalue weighted by atomic mass is 15.0. The summed E-state index contributed by atoms with van der Waals surface area (Å²) in [5.74, 6) is 1.04. The molecule has 1 aromatic heterocycles. The molecule has 1 heterocycles. The SMILES string of the molecule is Cc1ccc2nc(CNC3CC3)[nH]c2c1. The van der Waals surface area contributed by atoms with E-state index >= 15 is 0 Å². The van der Waals surface area contributed by atoms with E-state index in [0.29, 0.717) is 0 Å². The normalized spacial score (nSPS) is 16.1. The van der Waals surface area contributed by atoms with Crippen molar-refractivity contribution in [3.63, 3.8) is 0 Å². The first-order chi connectivity index (χ1) is 7.31. The quantitative estimate of drug-likeness (QED) is 0.798. The molecule has 0 saturated heterocycles. The highest BCUT2D eigenvalue weighted by Gasteiger charge is 2.20. The van der Waals surface area contributed by atoms with Gasteiger partial charge in [0.25, 0.3) is 0 Å². The second kappa shape index (κ2) is 3.35. The van der Waals surface area contributed by atoms with E-state index < -0.39 is 0 Å². The molecule has 0 radical (unpaired) electrons. The molecule has 2 N–H and O–H groups in total. The maximum Gasteiger partial charge on any atom is 0.121 e. The zero-order chi connectivity index (χ0) is 10.3. The van der Waals surface area contributed by atoms with Crippen LogP contribution in [0.3, 0.4) is 0 Å². The van der Waals surface area contributed by atoms with Gasteiger partial charge in [-0.05, 0) is 37.5 Å². The van der Waals surface area contributed by atoms with Crippen molar-refractivity contribution in [2.75, 3.05) is 0 Å². The largest absolute Gasteiger partial charge is 0.341 e.